The first-order valence-corrected chi connectivity index (χ1v) is 19.4. The minimum absolute atomic E-state index is 0.0394. The summed E-state index contributed by atoms with van der Waals surface area (Å²) in [4.78, 5) is 42.6. The number of aliphatic hydroxyl groups is 2. The van der Waals surface area contributed by atoms with E-state index in [4.69, 9.17) is 42.3 Å². The maximum Gasteiger partial charge on any atom is 0.340 e. The Morgan fingerprint density at radius 3 is 2.25 bits per heavy atom. The minimum atomic E-state index is -4.69. The number of nitrogens with zero attached hydrogens (tertiary/aromatic N) is 2. The molecule has 7 bridgehead atoms. The maximum absolute atomic E-state index is 14.0. The standard InChI is InChI=1S/C36H48N2O10.ClHO4/c1-6-37-17-33(18-48-31(41)19-9-7-8-10-22(19)38-25(39)11-12-26(38)40)14-13-24(45-3)35-21-15-20-23(44-2)16-34(42,27(21)28(20)46-4)36(43,32(35)37)30(47-5)29(33)35;2-1(3,4)5/h7-10,20-21,23-24,27-30,32,42-43H,6,11-18H2,1-5H3;(H,2,3,4,5)/t20-,21-,23+,24+,27-,28+,29?,30+,32?,33+,34-,35+,36-;/m1./s1. The van der Waals surface area contributed by atoms with Gasteiger partial charge in [0.1, 0.15) is 11.2 Å². The molecule has 2 unspecified atom stereocenters. The fourth-order valence-electron chi connectivity index (χ4n) is 13.0. The Kier molecular flexibility index (Phi) is 9.85. The summed E-state index contributed by atoms with van der Waals surface area (Å²) in [7, 11) is 2.00. The molecular weight excluding hydrogens is 720 g/mol. The van der Waals surface area contributed by atoms with Gasteiger partial charge in [0.05, 0.1) is 63.2 Å². The van der Waals surface area contributed by atoms with E-state index in [0.717, 1.165) is 11.3 Å². The zero-order chi connectivity index (χ0) is 38.5. The Labute approximate surface area is 309 Å². The Morgan fingerprint density at radius 2 is 1.66 bits per heavy atom. The normalized spacial score (nSPS) is 43.8. The van der Waals surface area contributed by atoms with Gasteiger partial charge in [-0.25, -0.2) is 9.69 Å². The number of benzene rings is 1. The number of anilines is 1. The van der Waals surface area contributed by atoms with Crippen LogP contribution in [0, 0.1) is 44.7 Å². The molecule has 13 atom stereocenters. The van der Waals surface area contributed by atoms with Crippen LogP contribution in [0.15, 0.2) is 24.3 Å². The van der Waals surface area contributed by atoms with Crippen LogP contribution in [0.1, 0.15) is 55.8 Å². The quantitative estimate of drug-likeness (QED) is 0.177. The summed E-state index contributed by atoms with van der Waals surface area (Å²) < 4.78 is 64.0. The second-order valence-corrected chi connectivity index (χ2v) is 16.6. The van der Waals surface area contributed by atoms with E-state index in [0.29, 0.717) is 25.9 Å². The highest BCUT2D eigenvalue weighted by Crippen LogP contribution is 2.80. The third-order valence-electron chi connectivity index (χ3n) is 14.2. The van der Waals surface area contributed by atoms with Gasteiger partial charge in [-0.3, -0.25) is 14.5 Å². The van der Waals surface area contributed by atoms with Crippen LogP contribution in [0.25, 0.3) is 0 Å². The number of piperidine rings is 1. The van der Waals surface area contributed by atoms with Crippen LogP contribution in [0.3, 0.4) is 0 Å². The van der Waals surface area contributed by atoms with Gasteiger partial charge in [0.2, 0.25) is 11.8 Å². The first kappa shape index (κ1) is 38.9. The molecule has 1 spiro atoms. The van der Waals surface area contributed by atoms with E-state index < -0.39 is 50.4 Å². The van der Waals surface area contributed by atoms with Gasteiger partial charge in [0.25, 0.3) is 0 Å². The SMILES string of the molecule is CCN1C[C@]2(COC(=O)c3ccccc3N3C(=O)CCC3=O)CC[C@H](OC)[C@@]34C2[C@H](OC)[C@@](O)(C13)[C@@]1(O)C[C@H](OC)[C@H]2C[C@@H]4[C@@H]1[C@H]2OC.[O-][Cl+3]([O-])([O-])O. The number of para-hydroxylation sites is 1. The number of methoxy groups -OCH3 is 4. The summed E-state index contributed by atoms with van der Waals surface area (Å²) in [6.07, 6.45) is 0.951. The van der Waals surface area contributed by atoms with E-state index in [9.17, 15) is 24.6 Å². The number of hydrogen-bond acceptors (Lipinski definition) is 15. The van der Waals surface area contributed by atoms with Crippen LogP contribution in [0.4, 0.5) is 5.69 Å². The summed E-state index contributed by atoms with van der Waals surface area (Å²) in [6, 6.07) is 6.11. The number of likely N-dealkylation sites (N-methyl/N-ethyl adjacent to an activating group) is 1. The zero-order valence-corrected chi connectivity index (χ0v) is 31.2. The maximum atomic E-state index is 14.0. The van der Waals surface area contributed by atoms with Crippen molar-refractivity contribution in [2.75, 3.05) is 53.0 Å². The molecule has 53 heavy (non-hydrogen) atoms. The molecule has 5 aliphatic carbocycles. The number of carbonyl (C=O) groups excluding carboxylic acids is 3. The number of rotatable bonds is 9. The number of amides is 2. The van der Waals surface area contributed by atoms with Gasteiger partial charge in [0.15, 0.2) is 0 Å². The molecule has 2 heterocycles. The van der Waals surface area contributed by atoms with Crippen LogP contribution in [0.2, 0.25) is 0 Å². The zero-order valence-electron chi connectivity index (χ0n) is 30.5. The fourth-order valence-corrected chi connectivity index (χ4v) is 13.0. The number of fused-ring (bicyclic) bond motifs is 2. The van der Waals surface area contributed by atoms with Crippen LogP contribution in [-0.2, 0) is 33.3 Å². The van der Waals surface area contributed by atoms with Crippen molar-refractivity contribution in [2.24, 2.45) is 34.5 Å². The molecule has 5 saturated carbocycles. The minimum Gasteiger partial charge on any atom is -0.461 e. The lowest BCUT2D eigenvalue weighted by molar-refractivity contribution is -1.92. The number of esters is 1. The van der Waals surface area contributed by atoms with Crippen LogP contribution >= 0.6 is 0 Å². The summed E-state index contributed by atoms with van der Waals surface area (Å²) in [5, 5.41) is 26.5. The second-order valence-electron chi connectivity index (χ2n) is 15.8. The largest absolute Gasteiger partial charge is 0.461 e. The molecular formula is C36H49ClN2O14. The second kappa shape index (κ2) is 13.4. The molecule has 3 N–H and O–H groups in total. The highest BCUT2D eigenvalue weighted by Gasteiger charge is 2.91. The average molecular weight is 769 g/mol. The van der Waals surface area contributed by atoms with E-state index in [1.807, 2.05) is 0 Å². The van der Waals surface area contributed by atoms with E-state index >= 15 is 0 Å². The molecule has 0 radical (unpaired) electrons. The van der Waals surface area contributed by atoms with Crippen molar-refractivity contribution >= 4 is 23.5 Å². The lowest BCUT2D eigenvalue weighted by atomic mass is 9.42. The van der Waals surface area contributed by atoms with Gasteiger partial charge < -0.3 is 33.9 Å². The third-order valence-corrected chi connectivity index (χ3v) is 14.2. The highest BCUT2D eigenvalue weighted by atomic mass is 35.7. The molecule has 2 aliphatic heterocycles. The molecule has 294 valence electrons. The molecule has 0 aromatic heterocycles. The first-order valence-electron chi connectivity index (χ1n) is 18.1. The summed E-state index contributed by atoms with van der Waals surface area (Å²) in [5.74, 6) is -2.00. The third kappa shape index (κ3) is 5.25. The first-order chi connectivity index (χ1) is 25.0. The van der Waals surface area contributed by atoms with Crippen molar-refractivity contribution in [3.05, 3.63) is 29.8 Å². The lowest BCUT2D eigenvalue weighted by Crippen LogP contribution is -2.82. The number of hydrogen-bond donors (Lipinski definition) is 3. The van der Waals surface area contributed by atoms with Crippen molar-refractivity contribution in [1.82, 2.24) is 4.90 Å². The van der Waals surface area contributed by atoms with Crippen molar-refractivity contribution in [1.29, 1.82) is 0 Å². The van der Waals surface area contributed by atoms with Crippen LogP contribution < -0.4 is 18.9 Å². The Morgan fingerprint density at radius 1 is 1.00 bits per heavy atom. The van der Waals surface area contributed by atoms with Crippen LogP contribution in [0.5, 0.6) is 0 Å². The molecule has 7 fully saturated rings. The predicted molar refractivity (Wildman–Crippen MR) is 172 cm³/mol. The van der Waals surface area contributed by atoms with Gasteiger partial charge in [-0.15, -0.1) is 0 Å². The predicted octanol–water partition coefficient (Wildman–Crippen LogP) is -2.33. The summed E-state index contributed by atoms with van der Waals surface area (Å²) >= 11 is 0. The van der Waals surface area contributed by atoms with Gasteiger partial charge >= 0.3 is 5.97 Å². The van der Waals surface area contributed by atoms with Gasteiger partial charge in [0, 0.05) is 82.8 Å². The van der Waals surface area contributed by atoms with E-state index in [2.05, 4.69) is 11.8 Å². The van der Waals surface area contributed by atoms with Crippen molar-refractivity contribution in [3.8, 4) is 0 Å². The fraction of sp³-hybridized carbons (Fsp3) is 0.750. The van der Waals surface area contributed by atoms with E-state index in [1.54, 1.807) is 52.7 Å². The summed E-state index contributed by atoms with van der Waals surface area (Å²) in [5.41, 5.74) is -4.15. The smallest absolute Gasteiger partial charge is 0.340 e. The summed E-state index contributed by atoms with van der Waals surface area (Å²) in [6.45, 7) is 3.24. The topological polar surface area (TPSA) is 234 Å². The Hall–Kier alpha value is -2.32. The van der Waals surface area contributed by atoms with Crippen molar-refractivity contribution in [2.45, 2.75) is 87.1 Å². The van der Waals surface area contributed by atoms with E-state index in [-0.39, 0.29) is 90.9 Å². The highest BCUT2D eigenvalue weighted by molar-refractivity contribution is 6.21. The molecule has 2 saturated heterocycles. The molecule has 8 rings (SSSR count). The monoisotopic (exact) mass is 768 g/mol. The number of carbonyl (C=O) groups is 3. The van der Waals surface area contributed by atoms with Gasteiger partial charge in [-0.1, -0.05) is 19.1 Å². The molecule has 17 heteroatoms. The lowest BCUT2D eigenvalue weighted by Gasteiger charge is -2.70. The van der Waals surface area contributed by atoms with E-state index in [1.165, 1.54) is 0 Å². The van der Waals surface area contributed by atoms with Gasteiger partial charge in [-0.05, 0) is 43.9 Å². The average Bonchev–Trinajstić information content (AvgIpc) is 3.69. The molecule has 2 amide bonds. The number of halogens is 1. The van der Waals surface area contributed by atoms with Crippen molar-refractivity contribution in [3.63, 3.8) is 0 Å². The Bertz CT molecular complexity index is 1610. The number of imide groups is 1. The number of ether oxygens (including phenoxy) is 5. The van der Waals surface area contributed by atoms with Crippen molar-refractivity contribution < 1.29 is 77.2 Å². The molecule has 16 nitrogen and oxygen atoms in total. The van der Waals surface area contributed by atoms with Crippen LogP contribution in [-0.4, -0.2) is 127 Å². The Balaban J connectivity index is 0.000000817. The molecule has 1 aromatic rings. The molecule has 1 aromatic carbocycles. The molecule has 7 aliphatic rings. The van der Waals surface area contributed by atoms with Gasteiger partial charge in [-0.2, -0.15) is 14.0 Å². The number of likely N-dealkylation sites (tertiary alicyclic amines) is 1.